The Kier molecular flexibility index (Phi) is 4.09. The van der Waals surface area contributed by atoms with E-state index in [1.807, 2.05) is 6.07 Å². The number of hydrogen-bond donors (Lipinski definition) is 1. The second-order valence-electron chi connectivity index (χ2n) is 3.99. The summed E-state index contributed by atoms with van der Waals surface area (Å²) in [5.74, 6) is 1.31. The van der Waals surface area contributed by atoms with E-state index in [1.54, 1.807) is 12.1 Å². The van der Waals surface area contributed by atoms with E-state index in [2.05, 4.69) is 10.2 Å². The first kappa shape index (κ1) is 14.4. The average Bonchev–Trinajstić information content (AvgIpc) is 2.53. The Balaban J connectivity index is 2.70. The molecule has 0 aliphatic heterocycles. The minimum atomic E-state index is -0.541. The average molecular weight is 287 g/mol. The highest BCUT2D eigenvalue weighted by atomic mass is 16.5. The molecular formula is C14H13N3O4. The number of ether oxygens (including phenoxy) is 3. The summed E-state index contributed by atoms with van der Waals surface area (Å²) in [6.45, 7) is 0. The van der Waals surface area contributed by atoms with Gasteiger partial charge in [-0.1, -0.05) is 0 Å². The van der Waals surface area contributed by atoms with Gasteiger partial charge in [0.1, 0.15) is 11.6 Å². The van der Waals surface area contributed by atoms with Crippen LogP contribution in [-0.4, -0.2) is 31.5 Å². The zero-order valence-corrected chi connectivity index (χ0v) is 11.8. The summed E-state index contributed by atoms with van der Waals surface area (Å²) in [5, 5.41) is 15.1. The summed E-state index contributed by atoms with van der Waals surface area (Å²) < 4.78 is 15.8. The Labute approximate surface area is 120 Å². The lowest BCUT2D eigenvalue weighted by atomic mass is 10.1. The number of rotatable bonds is 4. The van der Waals surface area contributed by atoms with Crippen molar-refractivity contribution in [2.75, 3.05) is 21.3 Å². The number of H-pyrrole nitrogens is 1. The zero-order valence-electron chi connectivity index (χ0n) is 11.8. The van der Waals surface area contributed by atoms with Crippen LogP contribution in [-0.2, 0) is 0 Å². The van der Waals surface area contributed by atoms with E-state index in [4.69, 9.17) is 19.5 Å². The molecule has 0 aliphatic carbocycles. The van der Waals surface area contributed by atoms with Gasteiger partial charge in [0.05, 0.1) is 27.0 Å². The van der Waals surface area contributed by atoms with Crippen LogP contribution >= 0.6 is 0 Å². The molecule has 0 radical (unpaired) electrons. The van der Waals surface area contributed by atoms with Gasteiger partial charge in [-0.25, -0.2) is 5.10 Å². The maximum Gasteiger partial charge on any atom is 0.282 e. The molecule has 1 heterocycles. The molecule has 0 unspecified atom stereocenters. The number of methoxy groups -OCH3 is 3. The van der Waals surface area contributed by atoms with E-state index in [0.717, 1.165) is 0 Å². The van der Waals surface area contributed by atoms with E-state index >= 15 is 0 Å². The van der Waals surface area contributed by atoms with Gasteiger partial charge in [-0.2, -0.15) is 10.4 Å². The summed E-state index contributed by atoms with van der Waals surface area (Å²) in [4.78, 5) is 11.4. The summed E-state index contributed by atoms with van der Waals surface area (Å²) >= 11 is 0. The molecule has 7 nitrogen and oxygen atoms in total. The Morgan fingerprint density at radius 2 is 1.86 bits per heavy atom. The molecule has 0 bridgehead atoms. The van der Waals surface area contributed by atoms with Crippen molar-refractivity contribution in [1.29, 1.82) is 5.26 Å². The minimum Gasteiger partial charge on any atom is -0.493 e. The molecular weight excluding hydrogens is 274 g/mol. The van der Waals surface area contributed by atoms with Crippen molar-refractivity contribution in [3.8, 4) is 34.6 Å². The van der Waals surface area contributed by atoms with Crippen LogP contribution in [0.25, 0.3) is 11.3 Å². The molecule has 108 valence electrons. The number of nitrogens with one attached hydrogen (secondary N) is 1. The molecule has 0 amide bonds. The van der Waals surface area contributed by atoms with Gasteiger partial charge >= 0.3 is 0 Å². The third-order valence-corrected chi connectivity index (χ3v) is 2.90. The van der Waals surface area contributed by atoms with Crippen LogP contribution in [0, 0.1) is 11.3 Å². The fourth-order valence-electron chi connectivity index (χ4n) is 1.93. The summed E-state index contributed by atoms with van der Waals surface area (Å²) in [6.07, 6.45) is 0. The van der Waals surface area contributed by atoms with Crippen molar-refractivity contribution < 1.29 is 14.2 Å². The SMILES string of the molecule is COc1ccc(-c2cc(C#N)c(=O)[nH]n2)c(OC)c1OC. The summed E-state index contributed by atoms with van der Waals surface area (Å²) in [7, 11) is 4.49. The van der Waals surface area contributed by atoms with Gasteiger partial charge in [0.25, 0.3) is 5.56 Å². The molecule has 0 fully saturated rings. The van der Waals surface area contributed by atoms with E-state index in [0.29, 0.717) is 28.5 Å². The van der Waals surface area contributed by atoms with Crippen LogP contribution in [0.2, 0.25) is 0 Å². The highest BCUT2D eigenvalue weighted by molar-refractivity contribution is 5.74. The fraction of sp³-hybridized carbons (Fsp3) is 0.214. The van der Waals surface area contributed by atoms with Crippen LogP contribution in [0.4, 0.5) is 0 Å². The van der Waals surface area contributed by atoms with Crippen molar-refractivity contribution in [2.45, 2.75) is 0 Å². The van der Waals surface area contributed by atoms with Crippen molar-refractivity contribution in [3.05, 3.63) is 34.1 Å². The molecule has 0 saturated heterocycles. The van der Waals surface area contributed by atoms with Crippen molar-refractivity contribution in [3.63, 3.8) is 0 Å². The van der Waals surface area contributed by atoms with Crippen LogP contribution in [0.5, 0.6) is 17.2 Å². The maximum atomic E-state index is 11.4. The van der Waals surface area contributed by atoms with Crippen LogP contribution in [0.3, 0.4) is 0 Å². The number of hydrogen-bond acceptors (Lipinski definition) is 6. The van der Waals surface area contributed by atoms with E-state index in [-0.39, 0.29) is 5.56 Å². The standard InChI is InChI=1S/C14H13N3O4/c1-19-11-5-4-9(12(20-2)13(11)21-3)10-6-8(7-15)14(18)17-16-10/h4-6H,1-3H3,(H,17,18). The van der Waals surface area contributed by atoms with Crippen LogP contribution in [0.1, 0.15) is 5.56 Å². The second kappa shape index (κ2) is 5.96. The molecule has 0 aliphatic rings. The van der Waals surface area contributed by atoms with Gasteiger partial charge in [0.15, 0.2) is 11.5 Å². The number of aromatic amines is 1. The predicted molar refractivity (Wildman–Crippen MR) is 74.7 cm³/mol. The summed E-state index contributed by atoms with van der Waals surface area (Å²) in [6, 6.07) is 6.61. The Morgan fingerprint density at radius 1 is 1.14 bits per heavy atom. The van der Waals surface area contributed by atoms with E-state index in [9.17, 15) is 4.79 Å². The number of nitrogens with zero attached hydrogens (tertiary/aromatic N) is 2. The smallest absolute Gasteiger partial charge is 0.282 e. The van der Waals surface area contributed by atoms with Crippen LogP contribution in [0.15, 0.2) is 23.0 Å². The second-order valence-corrected chi connectivity index (χ2v) is 3.99. The molecule has 0 saturated carbocycles. The lowest BCUT2D eigenvalue weighted by Crippen LogP contribution is -2.12. The molecule has 1 aromatic heterocycles. The molecule has 2 aromatic rings. The first-order valence-electron chi connectivity index (χ1n) is 5.95. The number of benzene rings is 1. The third kappa shape index (κ3) is 2.51. The quantitative estimate of drug-likeness (QED) is 0.911. The van der Waals surface area contributed by atoms with Gasteiger partial charge < -0.3 is 14.2 Å². The Bertz CT molecular complexity index is 762. The van der Waals surface area contributed by atoms with E-state index < -0.39 is 5.56 Å². The van der Waals surface area contributed by atoms with E-state index in [1.165, 1.54) is 27.4 Å². The Morgan fingerprint density at radius 3 is 2.43 bits per heavy atom. The van der Waals surface area contributed by atoms with Gasteiger partial charge in [0, 0.05) is 5.56 Å². The van der Waals surface area contributed by atoms with Crippen molar-refractivity contribution >= 4 is 0 Å². The Hall–Kier alpha value is -3.01. The topological polar surface area (TPSA) is 97.2 Å². The predicted octanol–water partition coefficient (Wildman–Crippen LogP) is 1.33. The molecule has 1 aromatic carbocycles. The highest BCUT2D eigenvalue weighted by Crippen LogP contribution is 2.43. The molecule has 2 rings (SSSR count). The molecule has 21 heavy (non-hydrogen) atoms. The van der Waals surface area contributed by atoms with Crippen molar-refractivity contribution in [2.24, 2.45) is 0 Å². The lowest BCUT2D eigenvalue weighted by Gasteiger charge is -2.15. The van der Waals surface area contributed by atoms with Gasteiger partial charge in [0.2, 0.25) is 5.75 Å². The summed E-state index contributed by atoms with van der Waals surface area (Å²) in [5.41, 5.74) is 0.393. The maximum absolute atomic E-state index is 11.4. The molecule has 7 heteroatoms. The third-order valence-electron chi connectivity index (χ3n) is 2.90. The molecule has 0 atom stereocenters. The number of aromatic nitrogens is 2. The van der Waals surface area contributed by atoms with Gasteiger partial charge in [-0.15, -0.1) is 0 Å². The largest absolute Gasteiger partial charge is 0.493 e. The minimum absolute atomic E-state index is 0.0307. The zero-order chi connectivity index (χ0) is 15.4. The lowest BCUT2D eigenvalue weighted by molar-refractivity contribution is 0.325. The first-order valence-corrected chi connectivity index (χ1v) is 5.95. The number of nitriles is 1. The van der Waals surface area contributed by atoms with Gasteiger partial charge in [-0.3, -0.25) is 4.79 Å². The first-order chi connectivity index (χ1) is 10.2. The fourth-order valence-corrected chi connectivity index (χ4v) is 1.93. The van der Waals surface area contributed by atoms with Crippen molar-refractivity contribution in [1.82, 2.24) is 10.2 Å². The highest BCUT2D eigenvalue weighted by Gasteiger charge is 2.18. The monoisotopic (exact) mass is 287 g/mol. The molecule has 1 N–H and O–H groups in total. The van der Waals surface area contributed by atoms with Crippen LogP contribution < -0.4 is 19.8 Å². The molecule has 0 spiro atoms. The van der Waals surface area contributed by atoms with Gasteiger partial charge in [-0.05, 0) is 18.2 Å². The normalized spacial score (nSPS) is 9.81.